The lowest BCUT2D eigenvalue weighted by Gasteiger charge is -2.13. The molecule has 0 aromatic heterocycles. The van der Waals surface area contributed by atoms with Gasteiger partial charge in [-0.25, -0.2) is 9.59 Å². The Balaban J connectivity index is 2.46. The average molecular weight is 346 g/mol. The smallest absolute Gasteiger partial charge is 0.342 e. The summed E-state index contributed by atoms with van der Waals surface area (Å²) in [6, 6.07) is 12.5. The van der Waals surface area contributed by atoms with Crippen LogP contribution in [-0.4, -0.2) is 30.3 Å². The molecule has 0 aliphatic carbocycles. The molecule has 0 saturated heterocycles. The predicted molar refractivity (Wildman–Crippen MR) is 90.6 cm³/mol. The van der Waals surface area contributed by atoms with Crippen molar-refractivity contribution in [2.75, 3.05) is 13.2 Å². The first kappa shape index (κ1) is 17.9. The molecule has 0 aliphatic rings. The highest BCUT2D eigenvalue weighted by Crippen LogP contribution is 2.38. The Morgan fingerprint density at radius 2 is 1.58 bits per heavy atom. The third-order valence-electron chi connectivity index (χ3n) is 3.09. The third kappa shape index (κ3) is 4.08. The Labute approximate surface area is 144 Å². The Bertz CT molecular complexity index is 728. The topological polar surface area (TPSA) is 72.8 Å². The first-order valence-corrected chi connectivity index (χ1v) is 8.33. The summed E-state index contributed by atoms with van der Waals surface area (Å²) in [5, 5.41) is 10.5. The minimum Gasteiger partial charge on any atom is -0.506 e. The van der Waals surface area contributed by atoms with E-state index in [1.807, 2.05) is 30.3 Å². The van der Waals surface area contributed by atoms with E-state index in [1.165, 1.54) is 17.8 Å². The first-order chi connectivity index (χ1) is 11.6. The molecule has 0 fully saturated rings. The Hall–Kier alpha value is -2.47. The maximum absolute atomic E-state index is 12.2. The quantitative estimate of drug-likeness (QED) is 0.800. The van der Waals surface area contributed by atoms with Crippen LogP contribution < -0.4 is 0 Å². The number of esters is 2. The van der Waals surface area contributed by atoms with E-state index >= 15 is 0 Å². The summed E-state index contributed by atoms with van der Waals surface area (Å²) in [6.45, 7) is 3.63. The summed E-state index contributed by atoms with van der Waals surface area (Å²) in [4.78, 5) is 25.6. The number of rotatable bonds is 6. The SMILES string of the molecule is CCOC(=O)c1ccc(Sc2ccccc2)c(O)c1C(=O)OCC. The van der Waals surface area contributed by atoms with E-state index in [0.29, 0.717) is 4.90 Å². The maximum Gasteiger partial charge on any atom is 0.342 e. The molecule has 0 atom stereocenters. The van der Waals surface area contributed by atoms with Gasteiger partial charge in [0.2, 0.25) is 0 Å². The molecule has 0 spiro atoms. The number of ether oxygens (including phenoxy) is 2. The van der Waals surface area contributed by atoms with Crippen molar-refractivity contribution in [3.05, 3.63) is 53.6 Å². The average Bonchev–Trinajstić information content (AvgIpc) is 2.57. The number of carbonyl (C=O) groups excluding carboxylic acids is 2. The molecule has 0 radical (unpaired) electrons. The van der Waals surface area contributed by atoms with E-state index in [-0.39, 0.29) is 30.1 Å². The molecule has 2 aromatic rings. The van der Waals surface area contributed by atoms with Crippen LogP contribution in [0.5, 0.6) is 5.75 Å². The predicted octanol–water partition coefficient (Wildman–Crippen LogP) is 3.90. The van der Waals surface area contributed by atoms with Crippen LogP contribution in [0.15, 0.2) is 52.3 Å². The summed E-state index contributed by atoms with van der Waals surface area (Å²) in [5.74, 6) is -1.71. The van der Waals surface area contributed by atoms with E-state index in [2.05, 4.69) is 0 Å². The molecule has 0 aliphatic heterocycles. The number of phenolic OH excluding ortho intramolecular Hbond substituents is 1. The van der Waals surface area contributed by atoms with Crippen LogP contribution in [-0.2, 0) is 9.47 Å². The summed E-state index contributed by atoms with van der Waals surface area (Å²) in [5.41, 5.74) is -0.179. The Morgan fingerprint density at radius 3 is 2.21 bits per heavy atom. The van der Waals surface area contributed by atoms with Crippen molar-refractivity contribution in [3.8, 4) is 5.75 Å². The number of hydrogen-bond donors (Lipinski definition) is 1. The summed E-state index contributed by atoms with van der Waals surface area (Å²) < 4.78 is 9.91. The molecule has 126 valence electrons. The Kier molecular flexibility index (Phi) is 6.26. The second kappa shape index (κ2) is 8.40. The fraction of sp³-hybridized carbons (Fsp3) is 0.222. The Morgan fingerprint density at radius 1 is 0.958 bits per heavy atom. The third-order valence-corrected chi connectivity index (χ3v) is 4.14. The van der Waals surface area contributed by atoms with Crippen molar-refractivity contribution in [2.24, 2.45) is 0 Å². The standard InChI is InChI=1S/C18H18O5S/c1-3-22-17(20)13-10-11-14(24-12-8-6-5-7-9-12)16(19)15(13)18(21)23-4-2/h5-11,19H,3-4H2,1-2H3. The van der Waals surface area contributed by atoms with Crippen molar-refractivity contribution in [1.82, 2.24) is 0 Å². The molecular formula is C18H18O5S. The molecule has 2 aromatic carbocycles. The zero-order valence-electron chi connectivity index (χ0n) is 13.4. The summed E-state index contributed by atoms with van der Waals surface area (Å²) >= 11 is 1.29. The highest BCUT2D eigenvalue weighted by Gasteiger charge is 2.25. The van der Waals surface area contributed by atoms with Crippen molar-refractivity contribution < 1.29 is 24.2 Å². The maximum atomic E-state index is 12.2. The van der Waals surface area contributed by atoms with Crippen LogP contribution >= 0.6 is 11.8 Å². The lowest BCUT2D eigenvalue weighted by Crippen LogP contribution is -2.14. The van der Waals surface area contributed by atoms with Gasteiger partial charge in [0.1, 0.15) is 11.3 Å². The molecule has 0 amide bonds. The van der Waals surface area contributed by atoms with Gasteiger partial charge < -0.3 is 14.6 Å². The fourth-order valence-corrected chi connectivity index (χ4v) is 2.94. The van der Waals surface area contributed by atoms with Crippen LogP contribution in [0.4, 0.5) is 0 Å². The van der Waals surface area contributed by atoms with Gasteiger partial charge in [0.25, 0.3) is 0 Å². The number of phenols is 1. The zero-order chi connectivity index (χ0) is 17.5. The molecule has 1 N–H and O–H groups in total. The van der Waals surface area contributed by atoms with E-state index in [0.717, 1.165) is 4.90 Å². The second-order valence-corrected chi connectivity index (χ2v) is 5.81. The van der Waals surface area contributed by atoms with Gasteiger partial charge in [0.15, 0.2) is 0 Å². The van der Waals surface area contributed by atoms with Gasteiger partial charge in [-0.2, -0.15) is 0 Å². The molecule has 0 unspecified atom stereocenters. The van der Waals surface area contributed by atoms with Crippen molar-refractivity contribution in [3.63, 3.8) is 0 Å². The van der Waals surface area contributed by atoms with Gasteiger partial charge in [-0.3, -0.25) is 0 Å². The molecular weight excluding hydrogens is 328 g/mol. The number of benzene rings is 2. The molecule has 0 saturated carbocycles. The number of aromatic hydroxyl groups is 1. The van der Waals surface area contributed by atoms with Gasteiger partial charge in [0, 0.05) is 4.90 Å². The highest BCUT2D eigenvalue weighted by molar-refractivity contribution is 7.99. The largest absolute Gasteiger partial charge is 0.506 e. The fourth-order valence-electron chi connectivity index (χ4n) is 2.06. The molecule has 2 rings (SSSR count). The van der Waals surface area contributed by atoms with Gasteiger partial charge in [-0.15, -0.1) is 0 Å². The van der Waals surface area contributed by atoms with Crippen LogP contribution in [0.2, 0.25) is 0 Å². The van der Waals surface area contributed by atoms with Crippen LogP contribution in [0.25, 0.3) is 0 Å². The minimum atomic E-state index is -0.756. The monoisotopic (exact) mass is 346 g/mol. The van der Waals surface area contributed by atoms with Gasteiger partial charge in [-0.05, 0) is 38.1 Å². The highest BCUT2D eigenvalue weighted by atomic mass is 32.2. The zero-order valence-corrected chi connectivity index (χ0v) is 14.3. The molecule has 5 nitrogen and oxygen atoms in total. The number of carbonyl (C=O) groups is 2. The molecule has 0 heterocycles. The molecule has 0 bridgehead atoms. The minimum absolute atomic E-state index is 0.00906. The molecule has 24 heavy (non-hydrogen) atoms. The van der Waals surface area contributed by atoms with E-state index in [1.54, 1.807) is 19.9 Å². The van der Waals surface area contributed by atoms with Crippen molar-refractivity contribution in [1.29, 1.82) is 0 Å². The summed E-state index contributed by atoms with van der Waals surface area (Å²) in [6.07, 6.45) is 0. The van der Waals surface area contributed by atoms with Crippen molar-refractivity contribution in [2.45, 2.75) is 23.6 Å². The van der Waals surface area contributed by atoms with Crippen molar-refractivity contribution >= 4 is 23.7 Å². The van der Waals surface area contributed by atoms with Gasteiger partial charge >= 0.3 is 11.9 Å². The molecule has 6 heteroatoms. The van der Waals surface area contributed by atoms with Crippen LogP contribution in [0.3, 0.4) is 0 Å². The van der Waals surface area contributed by atoms with Gasteiger partial charge in [-0.1, -0.05) is 30.0 Å². The normalized spacial score (nSPS) is 10.2. The first-order valence-electron chi connectivity index (χ1n) is 7.51. The lowest BCUT2D eigenvalue weighted by molar-refractivity contribution is 0.0475. The van der Waals surface area contributed by atoms with E-state index < -0.39 is 11.9 Å². The number of hydrogen-bond acceptors (Lipinski definition) is 6. The van der Waals surface area contributed by atoms with E-state index in [9.17, 15) is 14.7 Å². The van der Waals surface area contributed by atoms with Crippen LogP contribution in [0, 0.1) is 0 Å². The second-order valence-electron chi connectivity index (χ2n) is 4.69. The van der Waals surface area contributed by atoms with E-state index in [4.69, 9.17) is 9.47 Å². The van der Waals surface area contributed by atoms with Crippen LogP contribution in [0.1, 0.15) is 34.6 Å². The summed E-state index contributed by atoms with van der Waals surface area (Å²) in [7, 11) is 0. The lowest BCUT2D eigenvalue weighted by atomic mass is 10.1. The van der Waals surface area contributed by atoms with Gasteiger partial charge in [0.05, 0.1) is 23.7 Å².